The van der Waals surface area contributed by atoms with Gasteiger partial charge in [-0.1, -0.05) is 40.9 Å². The van der Waals surface area contributed by atoms with Gasteiger partial charge in [-0.3, -0.25) is 4.79 Å². The maximum atomic E-state index is 11.5. The Morgan fingerprint density at radius 1 is 1.42 bits per heavy atom. The summed E-state index contributed by atoms with van der Waals surface area (Å²) in [5, 5.41) is 9.49. The second-order valence-electron chi connectivity index (χ2n) is 5.59. The Morgan fingerprint density at radius 3 is 2.68 bits per heavy atom. The maximum absolute atomic E-state index is 11.5. The van der Waals surface area contributed by atoms with Crippen LogP contribution in [0.1, 0.15) is 31.2 Å². The molecule has 1 N–H and O–H groups in total. The minimum Gasteiger partial charge on any atom is -0.481 e. The SMILES string of the molecule is CN(Cc1cccc(Br)c1)CC1(C(=O)O)CCCC1. The molecule has 104 valence electrons. The van der Waals surface area contributed by atoms with E-state index in [4.69, 9.17) is 0 Å². The molecule has 0 amide bonds. The Labute approximate surface area is 122 Å². The average Bonchev–Trinajstić information content (AvgIpc) is 2.78. The molecule has 0 heterocycles. The monoisotopic (exact) mass is 325 g/mol. The molecule has 2 rings (SSSR count). The highest BCUT2D eigenvalue weighted by Crippen LogP contribution is 2.39. The number of rotatable bonds is 5. The van der Waals surface area contributed by atoms with Crippen LogP contribution in [0.25, 0.3) is 0 Å². The zero-order valence-electron chi connectivity index (χ0n) is 11.2. The fraction of sp³-hybridized carbons (Fsp3) is 0.533. The minimum absolute atomic E-state index is 0.527. The standard InChI is InChI=1S/C15H20BrNO2/c1-17(10-12-5-4-6-13(16)9-12)11-15(14(18)19)7-2-3-8-15/h4-6,9H,2-3,7-8,10-11H2,1H3,(H,18,19). The molecule has 0 aliphatic heterocycles. The number of halogens is 1. The molecular weight excluding hydrogens is 306 g/mol. The van der Waals surface area contributed by atoms with E-state index in [0.29, 0.717) is 6.54 Å². The lowest BCUT2D eigenvalue weighted by Crippen LogP contribution is -2.39. The molecule has 4 heteroatoms. The van der Waals surface area contributed by atoms with E-state index in [0.717, 1.165) is 36.7 Å². The summed E-state index contributed by atoms with van der Waals surface area (Å²) in [4.78, 5) is 13.7. The van der Waals surface area contributed by atoms with Crippen LogP contribution in [0.15, 0.2) is 28.7 Å². The summed E-state index contributed by atoms with van der Waals surface area (Å²) in [6, 6.07) is 8.16. The zero-order chi connectivity index (χ0) is 13.9. The van der Waals surface area contributed by atoms with Crippen LogP contribution in [0.3, 0.4) is 0 Å². The molecule has 1 aromatic carbocycles. The van der Waals surface area contributed by atoms with Gasteiger partial charge in [0.1, 0.15) is 0 Å². The van der Waals surface area contributed by atoms with Crippen molar-refractivity contribution in [3.8, 4) is 0 Å². The lowest BCUT2D eigenvalue weighted by atomic mass is 9.85. The molecule has 0 saturated heterocycles. The molecule has 0 atom stereocenters. The van der Waals surface area contributed by atoms with Crippen molar-refractivity contribution >= 4 is 21.9 Å². The van der Waals surface area contributed by atoms with E-state index in [-0.39, 0.29) is 0 Å². The Kier molecular flexibility index (Phi) is 4.63. The fourth-order valence-electron chi connectivity index (χ4n) is 3.01. The first-order chi connectivity index (χ1) is 9.02. The van der Waals surface area contributed by atoms with Crippen molar-refractivity contribution in [3.05, 3.63) is 34.3 Å². The number of aliphatic carboxylic acids is 1. The van der Waals surface area contributed by atoms with Gasteiger partial charge in [0.2, 0.25) is 0 Å². The van der Waals surface area contributed by atoms with Crippen LogP contribution in [0.5, 0.6) is 0 Å². The van der Waals surface area contributed by atoms with Gasteiger partial charge in [-0.25, -0.2) is 0 Å². The summed E-state index contributed by atoms with van der Waals surface area (Å²) in [5.74, 6) is -0.633. The van der Waals surface area contributed by atoms with Crippen molar-refractivity contribution in [2.75, 3.05) is 13.6 Å². The van der Waals surface area contributed by atoms with Crippen LogP contribution in [0, 0.1) is 5.41 Å². The van der Waals surface area contributed by atoms with Gasteiger partial charge in [-0.2, -0.15) is 0 Å². The molecule has 1 saturated carbocycles. The fourth-order valence-corrected chi connectivity index (χ4v) is 3.46. The average molecular weight is 326 g/mol. The quantitative estimate of drug-likeness (QED) is 0.900. The Hall–Kier alpha value is -0.870. The number of carboxylic acid groups (broad SMARTS) is 1. The third-order valence-electron chi connectivity index (χ3n) is 3.93. The molecular formula is C15H20BrNO2. The Morgan fingerprint density at radius 2 is 2.11 bits per heavy atom. The van der Waals surface area contributed by atoms with Crippen molar-refractivity contribution in [2.24, 2.45) is 5.41 Å². The topological polar surface area (TPSA) is 40.5 Å². The first-order valence-electron chi connectivity index (χ1n) is 6.68. The number of carbonyl (C=O) groups is 1. The highest BCUT2D eigenvalue weighted by molar-refractivity contribution is 9.10. The van der Waals surface area contributed by atoms with E-state index < -0.39 is 11.4 Å². The van der Waals surface area contributed by atoms with Gasteiger partial charge in [0.15, 0.2) is 0 Å². The normalized spacial score (nSPS) is 17.8. The number of benzene rings is 1. The Bertz CT molecular complexity index is 455. The van der Waals surface area contributed by atoms with Crippen LogP contribution in [-0.4, -0.2) is 29.6 Å². The molecule has 0 spiro atoms. The van der Waals surface area contributed by atoms with Crippen molar-refractivity contribution in [1.29, 1.82) is 0 Å². The van der Waals surface area contributed by atoms with Gasteiger partial charge in [0.25, 0.3) is 0 Å². The summed E-state index contributed by atoms with van der Waals surface area (Å²) in [5.41, 5.74) is 0.677. The highest BCUT2D eigenvalue weighted by Gasteiger charge is 2.41. The van der Waals surface area contributed by atoms with Crippen molar-refractivity contribution in [3.63, 3.8) is 0 Å². The van der Waals surface area contributed by atoms with Crippen molar-refractivity contribution in [1.82, 2.24) is 4.90 Å². The molecule has 19 heavy (non-hydrogen) atoms. The number of hydrogen-bond donors (Lipinski definition) is 1. The second-order valence-corrected chi connectivity index (χ2v) is 6.51. The molecule has 0 aromatic heterocycles. The highest BCUT2D eigenvalue weighted by atomic mass is 79.9. The summed E-state index contributed by atoms with van der Waals surface area (Å²) in [6.07, 6.45) is 3.70. The van der Waals surface area contributed by atoms with Crippen LogP contribution < -0.4 is 0 Å². The zero-order valence-corrected chi connectivity index (χ0v) is 12.8. The van der Waals surface area contributed by atoms with Crippen LogP contribution >= 0.6 is 15.9 Å². The van der Waals surface area contributed by atoms with Gasteiger partial charge in [0, 0.05) is 17.6 Å². The largest absolute Gasteiger partial charge is 0.481 e. The molecule has 3 nitrogen and oxygen atoms in total. The van der Waals surface area contributed by atoms with E-state index in [9.17, 15) is 9.90 Å². The molecule has 1 aliphatic rings. The lowest BCUT2D eigenvalue weighted by molar-refractivity contribution is -0.149. The van der Waals surface area contributed by atoms with Gasteiger partial charge < -0.3 is 10.0 Å². The molecule has 0 bridgehead atoms. The number of carboxylic acids is 1. The molecule has 1 aliphatic carbocycles. The minimum atomic E-state index is -0.633. The third kappa shape index (κ3) is 3.57. The van der Waals surface area contributed by atoms with E-state index >= 15 is 0 Å². The smallest absolute Gasteiger partial charge is 0.310 e. The summed E-state index contributed by atoms with van der Waals surface area (Å²) in [7, 11) is 2.00. The number of hydrogen-bond acceptors (Lipinski definition) is 2. The van der Waals surface area contributed by atoms with Crippen molar-refractivity contribution < 1.29 is 9.90 Å². The predicted octanol–water partition coefficient (Wildman–Crippen LogP) is 3.53. The van der Waals surface area contributed by atoms with Gasteiger partial charge in [-0.05, 0) is 37.6 Å². The van der Waals surface area contributed by atoms with E-state index in [1.54, 1.807) is 0 Å². The molecule has 1 fully saturated rings. The van der Waals surface area contributed by atoms with E-state index in [2.05, 4.69) is 33.0 Å². The number of nitrogens with zero attached hydrogens (tertiary/aromatic N) is 1. The lowest BCUT2D eigenvalue weighted by Gasteiger charge is -2.29. The van der Waals surface area contributed by atoms with Crippen LogP contribution in [0.2, 0.25) is 0 Å². The van der Waals surface area contributed by atoms with Crippen LogP contribution in [0.4, 0.5) is 0 Å². The third-order valence-corrected chi connectivity index (χ3v) is 4.42. The Balaban J connectivity index is 2.00. The first-order valence-corrected chi connectivity index (χ1v) is 7.47. The molecule has 0 unspecified atom stereocenters. The predicted molar refractivity (Wildman–Crippen MR) is 79.0 cm³/mol. The van der Waals surface area contributed by atoms with Gasteiger partial charge >= 0.3 is 5.97 Å². The summed E-state index contributed by atoms with van der Waals surface area (Å²) >= 11 is 3.46. The van der Waals surface area contributed by atoms with E-state index in [1.165, 1.54) is 5.56 Å². The van der Waals surface area contributed by atoms with E-state index in [1.807, 2.05) is 19.2 Å². The molecule has 1 aromatic rings. The summed E-state index contributed by atoms with van der Waals surface area (Å²) < 4.78 is 1.06. The van der Waals surface area contributed by atoms with Gasteiger partial charge in [0.05, 0.1) is 5.41 Å². The summed E-state index contributed by atoms with van der Waals surface area (Å²) in [6.45, 7) is 1.42. The molecule has 0 radical (unpaired) electrons. The van der Waals surface area contributed by atoms with Crippen LogP contribution in [-0.2, 0) is 11.3 Å². The van der Waals surface area contributed by atoms with Crippen molar-refractivity contribution in [2.45, 2.75) is 32.2 Å². The second kappa shape index (κ2) is 6.06. The van der Waals surface area contributed by atoms with Gasteiger partial charge in [-0.15, -0.1) is 0 Å². The maximum Gasteiger partial charge on any atom is 0.310 e. The first kappa shape index (κ1) is 14.5.